The van der Waals surface area contributed by atoms with Crippen molar-refractivity contribution in [2.75, 3.05) is 0 Å². The lowest BCUT2D eigenvalue weighted by atomic mass is 9.47. The average molecular weight is 298 g/mol. The van der Waals surface area contributed by atoms with E-state index >= 15 is 0 Å². The fraction of sp³-hybridized carbons (Fsp3) is 0.762. The summed E-state index contributed by atoms with van der Waals surface area (Å²) in [6, 6.07) is 0. The van der Waals surface area contributed by atoms with Crippen molar-refractivity contribution >= 4 is 5.78 Å². The first-order chi connectivity index (χ1) is 10.5. The van der Waals surface area contributed by atoms with Crippen LogP contribution in [0.15, 0.2) is 24.3 Å². The molecule has 0 aromatic rings. The molecule has 0 radical (unpaired) electrons. The molecule has 0 N–H and O–H groups in total. The monoisotopic (exact) mass is 298 g/mol. The van der Waals surface area contributed by atoms with Gasteiger partial charge in [-0.25, -0.2) is 0 Å². The van der Waals surface area contributed by atoms with Crippen molar-refractivity contribution in [3.05, 3.63) is 24.3 Å². The molecule has 4 aliphatic carbocycles. The molecule has 1 nitrogen and oxygen atoms in total. The van der Waals surface area contributed by atoms with E-state index in [9.17, 15) is 4.79 Å². The lowest BCUT2D eigenvalue weighted by Gasteiger charge is -2.58. The molecule has 1 heteroatoms. The minimum absolute atomic E-state index is 0.324. The summed E-state index contributed by atoms with van der Waals surface area (Å²) in [5.41, 5.74) is 2.32. The SMILES string of the molecule is C=C[C@H]1CC[C@H]2[C@@H]3CCC4=CC(=O)CC[C@]4(C)[C@H]3CC[C@]12C. The zero-order valence-electron chi connectivity index (χ0n) is 14.2. The summed E-state index contributed by atoms with van der Waals surface area (Å²) in [6.45, 7) is 9.15. The number of ketones is 1. The number of hydrogen-bond acceptors (Lipinski definition) is 1. The van der Waals surface area contributed by atoms with Crippen molar-refractivity contribution in [1.82, 2.24) is 0 Å². The van der Waals surface area contributed by atoms with Crippen LogP contribution in [0, 0.1) is 34.5 Å². The van der Waals surface area contributed by atoms with Gasteiger partial charge in [0.15, 0.2) is 5.78 Å². The number of rotatable bonds is 1. The maximum Gasteiger partial charge on any atom is 0.155 e. The molecular weight excluding hydrogens is 268 g/mol. The van der Waals surface area contributed by atoms with E-state index in [0.717, 1.165) is 36.5 Å². The number of fused-ring (bicyclic) bond motifs is 5. The van der Waals surface area contributed by atoms with Crippen LogP contribution in [-0.4, -0.2) is 5.78 Å². The van der Waals surface area contributed by atoms with E-state index < -0.39 is 0 Å². The predicted octanol–water partition coefficient (Wildman–Crippen LogP) is 5.32. The van der Waals surface area contributed by atoms with Crippen LogP contribution in [0.5, 0.6) is 0 Å². The first kappa shape index (κ1) is 14.7. The molecule has 3 saturated carbocycles. The van der Waals surface area contributed by atoms with Crippen LogP contribution in [0.1, 0.15) is 65.2 Å². The highest BCUT2D eigenvalue weighted by molar-refractivity contribution is 5.91. The van der Waals surface area contributed by atoms with Gasteiger partial charge in [0.25, 0.3) is 0 Å². The van der Waals surface area contributed by atoms with E-state index in [1.54, 1.807) is 0 Å². The third-order valence-corrected chi connectivity index (χ3v) is 8.32. The van der Waals surface area contributed by atoms with Crippen LogP contribution in [-0.2, 0) is 4.79 Å². The fourth-order valence-corrected chi connectivity index (χ4v) is 6.99. The maximum atomic E-state index is 11.8. The zero-order valence-corrected chi connectivity index (χ0v) is 14.2. The predicted molar refractivity (Wildman–Crippen MR) is 90.4 cm³/mol. The normalized spacial score (nSPS) is 50.6. The molecule has 0 aromatic heterocycles. The molecule has 0 unspecified atom stereocenters. The van der Waals surface area contributed by atoms with E-state index in [1.165, 1.54) is 44.1 Å². The third-order valence-electron chi connectivity index (χ3n) is 8.32. The standard InChI is InChI=1S/C21H30O/c1-4-14-6-8-18-17-7-5-15-13-16(22)9-11-21(15,3)19(17)10-12-20(14,18)2/h4,13-14,17-19H,1,5-12H2,2-3H3/t14-,17-,18-,19-,20+,21-/m0/s1. The van der Waals surface area contributed by atoms with Gasteiger partial charge in [0.2, 0.25) is 0 Å². The van der Waals surface area contributed by atoms with Crippen LogP contribution in [0.25, 0.3) is 0 Å². The molecule has 0 heterocycles. The van der Waals surface area contributed by atoms with Crippen LogP contribution in [0.2, 0.25) is 0 Å². The van der Waals surface area contributed by atoms with E-state index in [2.05, 4.69) is 26.5 Å². The van der Waals surface area contributed by atoms with Gasteiger partial charge in [0.05, 0.1) is 0 Å². The van der Waals surface area contributed by atoms with Crippen molar-refractivity contribution in [2.45, 2.75) is 65.2 Å². The Morgan fingerprint density at radius 1 is 1.09 bits per heavy atom. The Bertz CT molecular complexity index is 544. The first-order valence-corrected chi connectivity index (χ1v) is 9.35. The smallest absolute Gasteiger partial charge is 0.155 e. The van der Waals surface area contributed by atoms with Gasteiger partial charge in [-0.3, -0.25) is 4.79 Å². The summed E-state index contributed by atoms with van der Waals surface area (Å²) in [5, 5.41) is 0. The minimum atomic E-state index is 0.324. The molecule has 0 bridgehead atoms. The Morgan fingerprint density at radius 2 is 1.91 bits per heavy atom. The van der Waals surface area contributed by atoms with E-state index in [0.29, 0.717) is 16.6 Å². The van der Waals surface area contributed by atoms with Crippen molar-refractivity contribution in [3.8, 4) is 0 Å². The van der Waals surface area contributed by atoms with E-state index in [4.69, 9.17) is 0 Å². The second kappa shape index (κ2) is 4.82. The van der Waals surface area contributed by atoms with Gasteiger partial charge in [0, 0.05) is 6.42 Å². The Hall–Kier alpha value is -0.850. The molecule has 0 saturated heterocycles. The lowest BCUT2D eigenvalue weighted by molar-refractivity contribution is -0.117. The summed E-state index contributed by atoms with van der Waals surface area (Å²) < 4.78 is 0. The van der Waals surface area contributed by atoms with E-state index in [-0.39, 0.29) is 0 Å². The van der Waals surface area contributed by atoms with Crippen molar-refractivity contribution in [3.63, 3.8) is 0 Å². The van der Waals surface area contributed by atoms with Gasteiger partial charge in [-0.1, -0.05) is 25.5 Å². The van der Waals surface area contributed by atoms with Gasteiger partial charge in [-0.2, -0.15) is 0 Å². The highest BCUT2D eigenvalue weighted by atomic mass is 16.1. The van der Waals surface area contributed by atoms with Gasteiger partial charge in [-0.15, -0.1) is 6.58 Å². The second-order valence-corrected chi connectivity index (χ2v) is 8.93. The summed E-state index contributed by atoms with van der Waals surface area (Å²) in [6.07, 6.45) is 14.1. The van der Waals surface area contributed by atoms with Crippen molar-refractivity contribution < 1.29 is 4.79 Å². The molecule has 3 fully saturated rings. The summed E-state index contributed by atoms with van der Waals surface area (Å²) in [7, 11) is 0. The zero-order chi connectivity index (χ0) is 15.5. The molecule has 22 heavy (non-hydrogen) atoms. The third kappa shape index (κ3) is 1.80. The van der Waals surface area contributed by atoms with Crippen LogP contribution in [0.3, 0.4) is 0 Å². The first-order valence-electron chi connectivity index (χ1n) is 9.35. The number of allylic oxidation sites excluding steroid dienone is 2. The quantitative estimate of drug-likeness (QED) is 0.599. The lowest BCUT2D eigenvalue weighted by Crippen LogP contribution is -2.50. The Kier molecular flexibility index (Phi) is 3.23. The minimum Gasteiger partial charge on any atom is -0.295 e. The largest absolute Gasteiger partial charge is 0.295 e. The summed E-state index contributed by atoms with van der Waals surface area (Å²) >= 11 is 0. The molecule has 0 aromatic carbocycles. The maximum absolute atomic E-state index is 11.8. The van der Waals surface area contributed by atoms with Gasteiger partial charge in [0.1, 0.15) is 0 Å². The summed E-state index contributed by atoms with van der Waals surface area (Å²) in [5.74, 6) is 3.71. The van der Waals surface area contributed by atoms with Crippen molar-refractivity contribution in [1.29, 1.82) is 0 Å². The van der Waals surface area contributed by atoms with Gasteiger partial charge >= 0.3 is 0 Å². The second-order valence-electron chi connectivity index (χ2n) is 8.93. The molecule has 120 valence electrons. The molecule has 4 rings (SSSR count). The van der Waals surface area contributed by atoms with Crippen LogP contribution < -0.4 is 0 Å². The molecule has 0 aliphatic heterocycles. The number of carbonyl (C=O) groups is 1. The van der Waals surface area contributed by atoms with Crippen LogP contribution in [0.4, 0.5) is 0 Å². The van der Waals surface area contributed by atoms with Gasteiger partial charge < -0.3 is 0 Å². The molecule has 4 aliphatic rings. The molecule has 0 spiro atoms. The number of hydrogen-bond donors (Lipinski definition) is 0. The highest BCUT2D eigenvalue weighted by Gasteiger charge is 2.58. The highest BCUT2D eigenvalue weighted by Crippen LogP contribution is 2.66. The molecule has 6 atom stereocenters. The van der Waals surface area contributed by atoms with Crippen molar-refractivity contribution in [2.24, 2.45) is 34.5 Å². The molecular formula is C21H30O. The Balaban J connectivity index is 1.68. The topological polar surface area (TPSA) is 17.1 Å². The van der Waals surface area contributed by atoms with E-state index in [1.807, 2.05) is 6.08 Å². The molecule has 0 amide bonds. The number of carbonyl (C=O) groups excluding carboxylic acids is 1. The Morgan fingerprint density at radius 3 is 2.68 bits per heavy atom. The summed E-state index contributed by atoms with van der Waals surface area (Å²) in [4.78, 5) is 11.8. The van der Waals surface area contributed by atoms with Gasteiger partial charge in [-0.05, 0) is 85.5 Å². The fourth-order valence-electron chi connectivity index (χ4n) is 6.99. The Labute approximate surface area is 135 Å². The average Bonchev–Trinajstić information content (AvgIpc) is 2.84. The van der Waals surface area contributed by atoms with Crippen LogP contribution >= 0.6 is 0 Å².